The maximum atomic E-state index is 12.6. The van der Waals surface area contributed by atoms with E-state index < -0.39 is 32.3 Å². The molecule has 2 rings (SSSR count). The molecule has 0 saturated carbocycles. The predicted molar refractivity (Wildman–Crippen MR) is 101 cm³/mol. The monoisotopic (exact) mass is 410 g/mol. The number of carbonyl (C=O) groups excluding carboxylic acids is 2. The normalized spacial score (nSPS) is 11.4. The van der Waals surface area contributed by atoms with Gasteiger partial charge in [0, 0.05) is 18.3 Å². The van der Waals surface area contributed by atoms with Crippen molar-refractivity contribution in [3.05, 3.63) is 59.2 Å². The summed E-state index contributed by atoms with van der Waals surface area (Å²) in [5.41, 5.74) is 2.58. The molecule has 0 fully saturated rings. The van der Waals surface area contributed by atoms with Crippen molar-refractivity contribution in [3.8, 4) is 0 Å². The molecule has 28 heavy (non-hydrogen) atoms. The van der Waals surface area contributed by atoms with Gasteiger partial charge >= 0.3 is 5.76 Å². The number of amides is 2. The van der Waals surface area contributed by atoms with Crippen molar-refractivity contribution in [3.63, 3.8) is 0 Å². The van der Waals surface area contributed by atoms with Gasteiger partial charge in [-0.25, -0.2) is 8.42 Å². The Bertz CT molecular complexity index is 989. The van der Waals surface area contributed by atoms with Crippen LogP contribution in [0.2, 0.25) is 0 Å². The van der Waals surface area contributed by atoms with Gasteiger partial charge in [-0.3, -0.25) is 9.59 Å². The molecule has 0 aliphatic rings. The lowest BCUT2D eigenvalue weighted by atomic mass is 10.1. The van der Waals surface area contributed by atoms with Crippen LogP contribution >= 0.6 is 0 Å². The van der Waals surface area contributed by atoms with E-state index in [-0.39, 0.29) is 12.1 Å². The van der Waals surface area contributed by atoms with Gasteiger partial charge in [0.05, 0.1) is 11.4 Å². The number of likely N-dealkylation sites (N-methyl/N-ethyl adjacent to an activating group) is 1. The van der Waals surface area contributed by atoms with Crippen LogP contribution in [-0.2, 0) is 14.6 Å². The molecule has 0 heterocycles. The van der Waals surface area contributed by atoms with Gasteiger partial charge in [0.1, 0.15) is 0 Å². The lowest BCUT2D eigenvalue weighted by Crippen LogP contribution is -2.35. The van der Waals surface area contributed by atoms with E-state index in [9.17, 15) is 26.8 Å². The number of rotatable bonds is 6. The Morgan fingerprint density at radius 3 is 2.25 bits per heavy atom. The number of halogens is 2. The smallest absolute Gasteiger partial charge is 0.332 e. The van der Waals surface area contributed by atoms with Gasteiger partial charge in [-0.15, -0.1) is 0 Å². The third-order valence-corrected chi connectivity index (χ3v) is 5.46. The summed E-state index contributed by atoms with van der Waals surface area (Å²) >= 11 is 0. The summed E-state index contributed by atoms with van der Waals surface area (Å²) in [6.45, 7) is 3.50. The van der Waals surface area contributed by atoms with Gasteiger partial charge in [0.25, 0.3) is 5.91 Å². The predicted octanol–water partition coefficient (Wildman–Crippen LogP) is 3.01. The first kappa shape index (κ1) is 21.5. The minimum atomic E-state index is -4.72. The highest BCUT2D eigenvalue weighted by Crippen LogP contribution is 2.19. The van der Waals surface area contributed by atoms with E-state index >= 15 is 0 Å². The first-order valence-electron chi connectivity index (χ1n) is 8.27. The zero-order valence-electron chi connectivity index (χ0n) is 15.6. The molecule has 0 radical (unpaired) electrons. The summed E-state index contributed by atoms with van der Waals surface area (Å²) in [4.78, 5) is 25.2. The van der Waals surface area contributed by atoms with Gasteiger partial charge in [-0.1, -0.05) is 12.1 Å². The molecule has 2 amide bonds. The molecular weight excluding hydrogens is 390 g/mol. The maximum absolute atomic E-state index is 12.6. The Morgan fingerprint density at radius 2 is 1.68 bits per heavy atom. The molecule has 2 aromatic rings. The zero-order valence-corrected chi connectivity index (χ0v) is 16.4. The van der Waals surface area contributed by atoms with E-state index in [1.807, 2.05) is 32.0 Å². The fraction of sp³-hybridized carbons (Fsp3) is 0.263. The summed E-state index contributed by atoms with van der Waals surface area (Å²) in [7, 11) is -3.31. The fourth-order valence-electron chi connectivity index (χ4n) is 2.46. The third kappa shape index (κ3) is 4.92. The van der Waals surface area contributed by atoms with Crippen LogP contribution in [0.3, 0.4) is 0 Å². The average molecular weight is 410 g/mol. The van der Waals surface area contributed by atoms with Crippen LogP contribution in [0.25, 0.3) is 0 Å². The largest absolute Gasteiger partial charge is 0.341 e. The number of aryl methyl sites for hydroxylation is 2. The molecule has 0 unspecified atom stereocenters. The number of hydrogen-bond acceptors (Lipinski definition) is 4. The van der Waals surface area contributed by atoms with Crippen molar-refractivity contribution < 1.29 is 26.8 Å². The molecular formula is C19H20F2N2O4S. The van der Waals surface area contributed by atoms with Crippen molar-refractivity contribution >= 4 is 27.3 Å². The quantitative estimate of drug-likeness (QED) is 0.794. The van der Waals surface area contributed by atoms with Gasteiger partial charge < -0.3 is 10.2 Å². The molecule has 6 nitrogen and oxygen atoms in total. The number of nitrogens with zero attached hydrogens (tertiary/aromatic N) is 1. The van der Waals surface area contributed by atoms with E-state index in [1.54, 1.807) is 0 Å². The van der Waals surface area contributed by atoms with Gasteiger partial charge in [0.15, 0.2) is 0 Å². The van der Waals surface area contributed by atoms with E-state index in [2.05, 4.69) is 5.32 Å². The first-order valence-corrected chi connectivity index (χ1v) is 9.81. The lowest BCUT2D eigenvalue weighted by Gasteiger charge is -2.18. The van der Waals surface area contributed by atoms with Crippen LogP contribution in [0.5, 0.6) is 0 Å². The van der Waals surface area contributed by atoms with Crippen molar-refractivity contribution in [2.75, 3.05) is 18.9 Å². The van der Waals surface area contributed by atoms with Gasteiger partial charge in [-0.2, -0.15) is 8.78 Å². The summed E-state index contributed by atoms with van der Waals surface area (Å²) < 4.78 is 47.9. The number of sulfone groups is 1. The summed E-state index contributed by atoms with van der Waals surface area (Å²) in [5.74, 6) is -4.48. The Kier molecular flexibility index (Phi) is 6.50. The second kappa shape index (κ2) is 8.47. The number of carbonyl (C=O) groups is 2. The van der Waals surface area contributed by atoms with Crippen molar-refractivity contribution in [2.24, 2.45) is 0 Å². The minimum Gasteiger partial charge on any atom is -0.332 e. The molecule has 0 aliphatic carbocycles. The molecule has 150 valence electrons. The standard InChI is InChI=1S/C19H20F2N2O4S/c1-12-4-5-13(2)16(10-12)22-17(24)11-23(3)18(25)14-6-8-15(9-7-14)28(26,27)19(20)21/h4-10,19H,11H2,1-3H3,(H,22,24). The van der Waals surface area contributed by atoms with Gasteiger partial charge in [0.2, 0.25) is 15.7 Å². The zero-order chi connectivity index (χ0) is 21.1. The topological polar surface area (TPSA) is 83.6 Å². The highest BCUT2D eigenvalue weighted by molar-refractivity contribution is 7.91. The Balaban J connectivity index is 2.06. The lowest BCUT2D eigenvalue weighted by molar-refractivity contribution is -0.116. The Morgan fingerprint density at radius 1 is 1.07 bits per heavy atom. The second-order valence-corrected chi connectivity index (χ2v) is 8.28. The van der Waals surface area contributed by atoms with E-state index in [0.717, 1.165) is 40.3 Å². The molecule has 1 N–H and O–H groups in total. The summed E-state index contributed by atoms with van der Waals surface area (Å²) in [5, 5.41) is 2.73. The highest BCUT2D eigenvalue weighted by Gasteiger charge is 2.26. The van der Waals surface area contributed by atoms with Crippen molar-refractivity contribution in [1.29, 1.82) is 0 Å². The highest BCUT2D eigenvalue weighted by atomic mass is 32.2. The number of nitrogens with one attached hydrogen (secondary N) is 1. The first-order chi connectivity index (χ1) is 13.0. The second-order valence-electron chi connectivity index (χ2n) is 6.36. The Hall–Kier alpha value is -2.81. The van der Waals surface area contributed by atoms with E-state index in [4.69, 9.17) is 0 Å². The molecule has 0 aliphatic heterocycles. The van der Waals surface area contributed by atoms with E-state index in [1.165, 1.54) is 7.05 Å². The number of hydrogen-bond donors (Lipinski definition) is 1. The molecule has 0 bridgehead atoms. The van der Waals surface area contributed by atoms with Crippen LogP contribution in [0.4, 0.5) is 14.5 Å². The molecule has 2 aromatic carbocycles. The van der Waals surface area contributed by atoms with Gasteiger partial charge in [-0.05, 0) is 55.3 Å². The van der Waals surface area contributed by atoms with Crippen LogP contribution < -0.4 is 5.32 Å². The van der Waals surface area contributed by atoms with Crippen LogP contribution in [-0.4, -0.2) is 44.5 Å². The van der Waals surface area contributed by atoms with E-state index in [0.29, 0.717) is 5.69 Å². The number of anilines is 1. The average Bonchev–Trinajstić information content (AvgIpc) is 2.64. The molecule has 0 aromatic heterocycles. The molecule has 9 heteroatoms. The molecule has 0 saturated heterocycles. The van der Waals surface area contributed by atoms with Crippen LogP contribution in [0.1, 0.15) is 21.5 Å². The van der Waals surface area contributed by atoms with Crippen LogP contribution in [0, 0.1) is 13.8 Å². The summed E-state index contributed by atoms with van der Waals surface area (Å²) in [6.07, 6.45) is 0. The number of benzene rings is 2. The van der Waals surface area contributed by atoms with Crippen LogP contribution in [0.15, 0.2) is 47.4 Å². The maximum Gasteiger partial charge on any atom is 0.341 e. The summed E-state index contributed by atoms with van der Waals surface area (Å²) in [6, 6.07) is 9.76. The number of alkyl halides is 2. The SMILES string of the molecule is Cc1ccc(C)c(NC(=O)CN(C)C(=O)c2ccc(S(=O)(=O)C(F)F)cc2)c1. The van der Waals surface area contributed by atoms with Crippen molar-refractivity contribution in [1.82, 2.24) is 4.90 Å². The minimum absolute atomic E-state index is 0.0789. The van der Waals surface area contributed by atoms with Crippen molar-refractivity contribution in [2.45, 2.75) is 24.5 Å². The molecule has 0 spiro atoms. The Labute approximate surface area is 162 Å². The molecule has 0 atom stereocenters. The third-order valence-electron chi connectivity index (χ3n) is 4.06. The fourth-order valence-corrected chi connectivity index (χ4v) is 3.18.